The van der Waals surface area contributed by atoms with Crippen LogP contribution in [0.15, 0.2) is 42.6 Å². The quantitative estimate of drug-likeness (QED) is 0.866. The van der Waals surface area contributed by atoms with Gasteiger partial charge in [-0.1, -0.05) is 12.1 Å². The fourth-order valence-corrected chi connectivity index (χ4v) is 1.92. The molecule has 2 aromatic rings. The molecule has 0 bridgehead atoms. The molecule has 1 heterocycles. The van der Waals surface area contributed by atoms with Crippen LogP contribution in [-0.4, -0.2) is 29.4 Å². The fourth-order valence-electron chi connectivity index (χ4n) is 1.92. The summed E-state index contributed by atoms with van der Waals surface area (Å²) in [6.45, 7) is 2.55. The van der Waals surface area contributed by atoms with E-state index in [2.05, 4.69) is 4.98 Å². The summed E-state index contributed by atoms with van der Waals surface area (Å²) in [6.07, 6.45) is 2.50. The first-order valence-electron chi connectivity index (χ1n) is 6.59. The summed E-state index contributed by atoms with van der Waals surface area (Å²) in [7, 11) is 1.79. The molecule has 0 fully saturated rings. The lowest BCUT2D eigenvalue weighted by molar-refractivity contribution is 0.0796. The number of aromatic nitrogens is 1. The Balaban J connectivity index is 1.99. The van der Waals surface area contributed by atoms with Crippen molar-refractivity contribution in [3.63, 3.8) is 0 Å². The minimum atomic E-state index is -0.0207. The van der Waals surface area contributed by atoms with Gasteiger partial charge in [0.1, 0.15) is 0 Å². The summed E-state index contributed by atoms with van der Waals surface area (Å²) >= 11 is 0. The number of pyridine rings is 1. The zero-order chi connectivity index (χ0) is 14.5. The van der Waals surface area contributed by atoms with Gasteiger partial charge in [0.15, 0.2) is 0 Å². The summed E-state index contributed by atoms with van der Waals surface area (Å²) in [5.74, 6) is -0.0207. The molecule has 1 aromatic carbocycles. The smallest absolute Gasteiger partial charge is 0.253 e. The monoisotopic (exact) mass is 269 g/mol. The molecule has 0 spiro atoms. The van der Waals surface area contributed by atoms with E-state index in [9.17, 15) is 4.79 Å². The average Bonchev–Trinajstić information content (AvgIpc) is 2.48. The van der Waals surface area contributed by atoms with Crippen LogP contribution in [0.1, 0.15) is 21.6 Å². The molecule has 1 aromatic heterocycles. The Bertz CT molecular complexity index is 596. The Labute approximate surface area is 119 Å². The highest BCUT2D eigenvalue weighted by molar-refractivity contribution is 5.95. The summed E-state index contributed by atoms with van der Waals surface area (Å²) < 4.78 is 0. The molecule has 1 amide bonds. The minimum absolute atomic E-state index is 0.0207. The van der Waals surface area contributed by atoms with Crippen molar-refractivity contribution >= 4 is 11.6 Å². The second kappa shape index (κ2) is 6.19. The largest absolute Gasteiger partial charge is 0.398 e. The molecule has 0 radical (unpaired) electrons. The van der Waals surface area contributed by atoms with Gasteiger partial charge in [-0.25, -0.2) is 0 Å². The molecule has 0 aliphatic rings. The van der Waals surface area contributed by atoms with Gasteiger partial charge in [0.05, 0.1) is 0 Å². The van der Waals surface area contributed by atoms with Crippen LogP contribution in [0.5, 0.6) is 0 Å². The van der Waals surface area contributed by atoms with Crippen LogP contribution < -0.4 is 5.73 Å². The van der Waals surface area contributed by atoms with Crippen LogP contribution >= 0.6 is 0 Å². The van der Waals surface area contributed by atoms with E-state index in [4.69, 9.17) is 5.73 Å². The van der Waals surface area contributed by atoms with Crippen LogP contribution in [0.2, 0.25) is 0 Å². The summed E-state index contributed by atoms with van der Waals surface area (Å²) in [5.41, 5.74) is 9.08. The lowest BCUT2D eigenvalue weighted by Crippen LogP contribution is -2.29. The zero-order valence-corrected chi connectivity index (χ0v) is 11.8. The van der Waals surface area contributed by atoms with Gasteiger partial charge < -0.3 is 10.6 Å². The Morgan fingerprint density at radius 3 is 2.75 bits per heavy atom. The van der Waals surface area contributed by atoms with Crippen LogP contribution in [0, 0.1) is 6.92 Å². The molecule has 2 N–H and O–H groups in total. The lowest BCUT2D eigenvalue weighted by Gasteiger charge is -2.17. The molecule has 0 saturated carbocycles. The van der Waals surface area contributed by atoms with E-state index in [1.807, 2.05) is 37.3 Å². The Morgan fingerprint density at radius 2 is 2.10 bits per heavy atom. The third-order valence-corrected chi connectivity index (χ3v) is 3.30. The summed E-state index contributed by atoms with van der Waals surface area (Å²) in [4.78, 5) is 18.2. The molecule has 0 aliphatic carbocycles. The van der Waals surface area contributed by atoms with E-state index < -0.39 is 0 Å². The number of aryl methyl sites for hydroxylation is 1. The van der Waals surface area contributed by atoms with E-state index in [0.29, 0.717) is 17.8 Å². The second-order valence-corrected chi connectivity index (χ2v) is 4.87. The van der Waals surface area contributed by atoms with Gasteiger partial charge in [0.25, 0.3) is 5.91 Å². The number of anilines is 1. The predicted octanol–water partition coefficient (Wildman–Crippen LogP) is 2.29. The van der Waals surface area contributed by atoms with E-state index in [0.717, 1.165) is 17.7 Å². The van der Waals surface area contributed by atoms with Gasteiger partial charge in [-0.05, 0) is 36.8 Å². The zero-order valence-electron chi connectivity index (χ0n) is 11.8. The van der Waals surface area contributed by atoms with Crippen molar-refractivity contribution in [3.05, 3.63) is 59.4 Å². The number of carbonyl (C=O) groups excluding carboxylic acids is 1. The molecule has 0 aliphatic heterocycles. The SMILES string of the molecule is Cc1ccc(C(=O)N(C)CCc2ccccn2)cc1N. The Hall–Kier alpha value is -2.36. The standard InChI is InChI=1S/C16H19N3O/c1-12-6-7-13(11-15(12)17)16(20)19(2)10-8-14-5-3-4-9-18-14/h3-7,9,11H,8,10,17H2,1-2H3. The van der Waals surface area contributed by atoms with Crippen molar-refractivity contribution in [2.24, 2.45) is 0 Å². The summed E-state index contributed by atoms with van der Waals surface area (Å²) in [6, 6.07) is 11.2. The number of hydrogen-bond acceptors (Lipinski definition) is 3. The second-order valence-electron chi connectivity index (χ2n) is 4.87. The van der Waals surface area contributed by atoms with Gasteiger partial charge >= 0.3 is 0 Å². The predicted molar refractivity (Wildman–Crippen MR) is 80.5 cm³/mol. The number of carbonyl (C=O) groups is 1. The maximum absolute atomic E-state index is 12.3. The average molecular weight is 269 g/mol. The van der Waals surface area contributed by atoms with E-state index >= 15 is 0 Å². The first-order chi connectivity index (χ1) is 9.58. The first kappa shape index (κ1) is 14.1. The van der Waals surface area contributed by atoms with E-state index in [-0.39, 0.29) is 5.91 Å². The highest BCUT2D eigenvalue weighted by Crippen LogP contribution is 2.14. The third kappa shape index (κ3) is 3.35. The number of likely N-dealkylation sites (N-methyl/N-ethyl adjacent to an activating group) is 1. The fraction of sp³-hybridized carbons (Fsp3) is 0.250. The molecular weight excluding hydrogens is 250 g/mol. The molecule has 0 saturated heterocycles. The highest BCUT2D eigenvalue weighted by atomic mass is 16.2. The third-order valence-electron chi connectivity index (χ3n) is 3.30. The normalized spacial score (nSPS) is 10.3. The molecule has 0 atom stereocenters. The van der Waals surface area contributed by atoms with Crippen LogP contribution in [-0.2, 0) is 6.42 Å². The number of nitrogens with zero attached hydrogens (tertiary/aromatic N) is 2. The number of amides is 1. The van der Waals surface area contributed by atoms with Crippen molar-refractivity contribution in [1.82, 2.24) is 9.88 Å². The van der Waals surface area contributed by atoms with Gasteiger partial charge in [-0.3, -0.25) is 9.78 Å². The number of hydrogen-bond donors (Lipinski definition) is 1. The Kier molecular flexibility index (Phi) is 4.35. The molecule has 104 valence electrons. The maximum Gasteiger partial charge on any atom is 0.253 e. The molecule has 0 unspecified atom stereocenters. The first-order valence-corrected chi connectivity index (χ1v) is 6.59. The van der Waals surface area contributed by atoms with Crippen LogP contribution in [0.25, 0.3) is 0 Å². The van der Waals surface area contributed by atoms with Crippen LogP contribution in [0.3, 0.4) is 0 Å². The number of nitrogens with two attached hydrogens (primary N) is 1. The van der Waals surface area contributed by atoms with E-state index in [1.54, 1.807) is 24.2 Å². The van der Waals surface area contributed by atoms with Crippen molar-refractivity contribution in [2.45, 2.75) is 13.3 Å². The summed E-state index contributed by atoms with van der Waals surface area (Å²) in [5, 5.41) is 0. The maximum atomic E-state index is 12.3. The van der Waals surface area contributed by atoms with Gasteiger partial charge in [0, 0.05) is 43.2 Å². The number of rotatable bonds is 4. The van der Waals surface area contributed by atoms with Crippen molar-refractivity contribution in [1.29, 1.82) is 0 Å². The van der Waals surface area contributed by atoms with Gasteiger partial charge in [-0.2, -0.15) is 0 Å². The highest BCUT2D eigenvalue weighted by Gasteiger charge is 2.12. The van der Waals surface area contributed by atoms with Crippen LogP contribution in [0.4, 0.5) is 5.69 Å². The van der Waals surface area contributed by atoms with E-state index in [1.165, 1.54) is 0 Å². The lowest BCUT2D eigenvalue weighted by atomic mass is 10.1. The molecule has 20 heavy (non-hydrogen) atoms. The molecule has 2 rings (SSSR count). The molecular formula is C16H19N3O. The van der Waals surface area contributed by atoms with Crippen molar-refractivity contribution in [2.75, 3.05) is 19.3 Å². The minimum Gasteiger partial charge on any atom is -0.398 e. The van der Waals surface area contributed by atoms with Crippen molar-refractivity contribution in [3.8, 4) is 0 Å². The van der Waals surface area contributed by atoms with Gasteiger partial charge in [0.2, 0.25) is 0 Å². The topological polar surface area (TPSA) is 59.2 Å². The number of benzene rings is 1. The van der Waals surface area contributed by atoms with Gasteiger partial charge in [-0.15, -0.1) is 0 Å². The molecule has 4 heteroatoms. The number of nitrogen functional groups attached to an aromatic ring is 1. The van der Waals surface area contributed by atoms with Crippen molar-refractivity contribution < 1.29 is 4.79 Å². The molecule has 4 nitrogen and oxygen atoms in total. The Morgan fingerprint density at radius 1 is 1.30 bits per heavy atom.